The van der Waals surface area contributed by atoms with Gasteiger partial charge in [-0.3, -0.25) is 19.3 Å². The fourth-order valence-corrected chi connectivity index (χ4v) is 3.27. The maximum Gasteiger partial charge on any atom is 0.311 e. The zero-order valence-electron chi connectivity index (χ0n) is 11.7. The number of amides is 2. The Labute approximate surface area is 113 Å². The Bertz CT molecular complexity index is 443. The summed E-state index contributed by atoms with van der Waals surface area (Å²) in [6.45, 7) is 5.15. The molecule has 0 radical (unpaired) electrons. The van der Waals surface area contributed by atoms with E-state index in [1.165, 1.54) is 4.90 Å². The van der Waals surface area contributed by atoms with E-state index in [9.17, 15) is 19.5 Å². The number of imide groups is 1. The number of likely N-dealkylation sites (tertiary alicyclic amines) is 1. The van der Waals surface area contributed by atoms with E-state index in [-0.39, 0.29) is 18.2 Å². The Morgan fingerprint density at radius 1 is 1.26 bits per heavy atom. The highest BCUT2D eigenvalue weighted by Crippen LogP contribution is 2.44. The van der Waals surface area contributed by atoms with Gasteiger partial charge in [-0.2, -0.15) is 0 Å². The van der Waals surface area contributed by atoms with Gasteiger partial charge < -0.3 is 5.11 Å². The minimum Gasteiger partial charge on any atom is -0.481 e. The Balaban J connectivity index is 2.37. The normalized spacial score (nSPS) is 34.7. The van der Waals surface area contributed by atoms with Gasteiger partial charge in [0.05, 0.1) is 16.9 Å². The predicted molar refractivity (Wildman–Crippen MR) is 68.2 cm³/mol. The van der Waals surface area contributed by atoms with Crippen molar-refractivity contribution >= 4 is 17.8 Å². The lowest BCUT2D eigenvalue weighted by Gasteiger charge is -2.42. The van der Waals surface area contributed by atoms with E-state index in [0.717, 1.165) is 12.8 Å². The van der Waals surface area contributed by atoms with E-state index in [0.29, 0.717) is 12.8 Å². The van der Waals surface area contributed by atoms with Gasteiger partial charge in [0, 0.05) is 6.42 Å². The largest absolute Gasteiger partial charge is 0.481 e. The van der Waals surface area contributed by atoms with Crippen LogP contribution in [0.3, 0.4) is 0 Å². The van der Waals surface area contributed by atoms with Gasteiger partial charge in [-0.1, -0.05) is 26.7 Å². The number of hydrogen-bond acceptors (Lipinski definition) is 3. The molecule has 2 rings (SSSR count). The van der Waals surface area contributed by atoms with Gasteiger partial charge in [0.2, 0.25) is 11.8 Å². The van der Waals surface area contributed by atoms with Crippen LogP contribution in [0.5, 0.6) is 0 Å². The van der Waals surface area contributed by atoms with Crippen LogP contribution in [-0.4, -0.2) is 33.8 Å². The molecular weight excluding hydrogens is 246 g/mol. The van der Waals surface area contributed by atoms with E-state index >= 15 is 0 Å². The number of rotatable bonds is 2. The highest BCUT2D eigenvalue weighted by atomic mass is 16.4. The van der Waals surface area contributed by atoms with E-state index in [1.807, 2.05) is 0 Å². The zero-order valence-corrected chi connectivity index (χ0v) is 11.7. The number of carbonyl (C=O) groups is 3. The van der Waals surface area contributed by atoms with Gasteiger partial charge in [0.15, 0.2) is 0 Å². The Hall–Kier alpha value is -1.39. The molecule has 1 N–H and O–H groups in total. The molecule has 1 aliphatic heterocycles. The first kappa shape index (κ1) is 14.0. The second kappa shape index (κ2) is 4.32. The van der Waals surface area contributed by atoms with Crippen molar-refractivity contribution in [2.24, 2.45) is 10.8 Å². The molecule has 2 aliphatic rings. The third-order valence-electron chi connectivity index (χ3n) is 4.62. The Kier molecular flexibility index (Phi) is 3.19. The summed E-state index contributed by atoms with van der Waals surface area (Å²) < 4.78 is 0. The Morgan fingerprint density at radius 2 is 1.89 bits per heavy atom. The smallest absolute Gasteiger partial charge is 0.311 e. The molecule has 19 heavy (non-hydrogen) atoms. The van der Waals surface area contributed by atoms with Crippen molar-refractivity contribution < 1.29 is 19.5 Å². The van der Waals surface area contributed by atoms with Gasteiger partial charge in [-0.05, 0) is 19.8 Å². The fourth-order valence-electron chi connectivity index (χ4n) is 3.27. The van der Waals surface area contributed by atoms with Crippen molar-refractivity contribution in [3.8, 4) is 0 Å². The topological polar surface area (TPSA) is 74.7 Å². The second-order valence-corrected chi connectivity index (χ2v) is 6.61. The van der Waals surface area contributed by atoms with Crippen LogP contribution in [0.15, 0.2) is 0 Å². The molecule has 1 heterocycles. The highest BCUT2D eigenvalue weighted by molar-refractivity contribution is 6.06. The summed E-state index contributed by atoms with van der Waals surface area (Å²) in [5.41, 5.74) is -1.71. The minimum atomic E-state index is -1.01. The Morgan fingerprint density at radius 3 is 2.37 bits per heavy atom. The summed E-state index contributed by atoms with van der Waals surface area (Å²) in [6.07, 6.45) is 2.99. The molecule has 5 nitrogen and oxygen atoms in total. The summed E-state index contributed by atoms with van der Waals surface area (Å²) in [5.74, 6) is -1.37. The summed E-state index contributed by atoms with van der Waals surface area (Å²) in [7, 11) is 0. The minimum absolute atomic E-state index is 0.179. The zero-order chi connectivity index (χ0) is 14.4. The molecule has 0 aromatic heterocycles. The standard InChI is InChI=1S/C14H21NO4/c1-13(2)8-10(16)15(11(13)17)9-6-4-5-7-14(9,3)12(18)19/h9H,4-8H2,1-3H3,(H,18,19). The molecule has 0 spiro atoms. The lowest BCUT2D eigenvalue weighted by molar-refractivity contribution is -0.160. The lowest BCUT2D eigenvalue weighted by Crippen LogP contribution is -2.54. The number of carboxylic acid groups (broad SMARTS) is 1. The first-order valence-electron chi connectivity index (χ1n) is 6.80. The highest BCUT2D eigenvalue weighted by Gasteiger charge is 2.54. The van der Waals surface area contributed by atoms with Crippen molar-refractivity contribution in [3.05, 3.63) is 0 Å². The van der Waals surface area contributed by atoms with Gasteiger partial charge in [-0.15, -0.1) is 0 Å². The molecule has 0 aromatic rings. The van der Waals surface area contributed by atoms with E-state index < -0.39 is 22.8 Å². The number of hydrogen-bond donors (Lipinski definition) is 1. The number of carboxylic acids is 1. The van der Waals surface area contributed by atoms with E-state index in [2.05, 4.69) is 0 Å². The van der Waals surface area contributed by atoms with Gasteiger partial charge in [0.25, 0.3) is 0 Å². The third-order valence-corrected chi connectivity index (χ3v) is 4.62. The average Bonchev–Trinajstić information content (AvgIpc) is 2.50. The maximum atomic E-state index is 12.4. The first-order valence-corrected chi connectivity index (χ1v) is 6.80. The van der Waals surface area contributed by atoms with Crippen molar-refractivity contribution in [1.82, 2.24) is 4.90 Å². The van der Waals surface area contributed by atoms with Crippen LogP contribution in [0, 0.1) is 10.8 Å². The third kappa shape index (κ3) is 2.05. The quantitative estimate of drug-likeness (QED) is 0.774. The van der Waals surface area contributed by atoms with Gasteiger partial charge in [-0.25, -0.2) is 0 Å². The predicted octanol–water partition coefficient (Wildman–Crippen LogP) is 1.80. The first-order chi connectivity index (χ1) is 8.70. The van der Waals surface area contributed by atoms with Crippen LogP contribution in [0.4, 0.5) is 0 Å². The van der Waals surface area contributed by atoms with Crippen molar-refractivity contribution in [2.75, 3.05) is 0 Å². The molecule has 2 unspecified atom stereocenters. The summed E-state index contributed by atoms with van der Waals surface area (Å²) in [4.78, 5) is 37.3. The fraction of sp³-hybridized carbons (Fsp3) is 0.786. The molecule has 0 aromatic carbocycles. The lowest BCUT2D eigenvalue weighted by atomic mass is 9.71. The molecular formula is C14H21NO4. The van der Waals surface area contributed by atoms with Crippen molar-refractivity contribution in [3.63, 3.8) is 0 Å². The summed E-state index contributed by atoms with van der Waals surface area (Å²) in [6, 6.07) is -0.500. The molecule has 106 valence electrons. The average molecular weight is 267 g/mol. The van der Waals surface area contributed by atoms with E-state index in [4.69, 9.17) is 0 Å². The number of nitrogens with zero attached hydrogens (tertiary/aromatic N) is 1. The van der Waals surface area contributed by atoms with Crippen molar-refractivity contribution in [1.29, 1.82) is 0 Å². The second-order valence-electron chi connectivity index (χ2n) is 6.61. The number of aliphatic carboxylic acids is 1. The van der Waals surface area contributed by atoms with Crippen LogP contribution in [0.1, 0.15) is 52.9 Å². The van der Waals surface area contributed by atoms with Gasteiger partial charge in [0.1, 0.15) is 0 Å². The van der Waals surface area contributed by atoms with Crippen LogP contribution in [0.2, 0.25) is 0 Å². The molecule has 2 atom stereocenters. The number of carbonyl (C=O) groups excluding carboxylic acids is 2. The molecule has 1 aliphatic carbocycles. The van der Waals surface area contributed by atoms with Crippen LogP contribution in [-0.2, 0) is 14.4 Å². The maximum absolute atomic E-state index is 12.4. The molecule has 0 bridgehead atoms. The van der Waals surface area contributed by atoms with E-state index in [1.54, 1.807) is 20.8 Å². The van der Waals surface area contributed by atoms with Crippen LogP contribution < -0.4 is 0 Å². The van der Waals surface area contributed by atoms with Crippen molar-refractivity contribution in [2.45, 2.75) is 58.9 Å². The van der Waals surface area contributed by atoms with Gasteiger partial charge >= 0.3 is 5.97 Å². The summed E-state index contributed by atoms with van der Waals surface area (Å²) in [5, 5.41) is 9.48. The monoisotopic (exact) mass is 267 g/mol. The van der Waals surface area contributed by atoms with Crippen LogP contribution >= 0.6 is 0 Å². The molecule has 1 saturated carbocycles. The molecule has 5 heteroatoms. The molecule has 2 fully saturated rings. The molecule has 1 saturated heterocycles. The molecule has 2 amide bonds. The summed E-state index contributed by atoms with van der Waals surface area (Å²) >= 11 is 0. The SMILES string of the molecule is CC1(C)CC(=O)N(C2CCCCC2(C)C(=O)O)C1=O. The van der Waals surface area contributed by atoms with Crippen LogP contribution in [0.25, 0.3) is 0 Å².